The van der Waals surface area contributed by atoms with Gasteiger partial charge in [-0.1, -0.05) is 12.1 Å². The van der Waals surface area contributed by atoms with Crippen LogP contribution >= 0.6 is 0 Å². The fourth-order valence-corrected chi connectivity index (χ4v) is 2.06. The van der Waals surface area contributed by atoms with Gasteiger partial charge < -0.3 is 19.3 Å². The Morgan fingerprint density at radius 2 is 2.11 bits per heavy atom. The molecule has 0 spiro atoms. The summed E-state index contributed by atoms with van der Waals surface area (Å²) in [5.41, 5.74) is 1.00. The van der Waals surface area contributed by atoms with Gasteiger partial charge in [0.1, 0.15) is 5.75 Å². The Bertz CT molecular complexity index is 349. The molecular formula is C14H20O4. The van der Waals surface area contributed by atoms with Crippen LogP contribution in [0.25, 0.3) is 0 Å². The molecule has 0 saturated carbocycles. The Kier molecular flexibility index (Phi) is 4.99. The Hall–Kier alpha value is -1.10. The lowest BCUT2D eigenvalue weighted by Gasteiger charge is -2.30. The first-order valence-electron chi connectivity index (χ1n) is 6.35. The number of rotatable bonds is 5. The first-order chi connectivity index (χ1) is 8.83. The van der Waals surface area contributed by atoms with Crippen LogP contribution in [0.1, 0.15) is 31.1 Å². The topological polar surface area (TPSA) is 47.9 Å². The van der Waals surface area contributed by atoms with E-state index in [0.29, 0.717) is 6.61 Å². The van der Waals surface area contributed by atoms with E-state index in [1.165, 1.54) is 0 Å². The number of methoxy groups -OCH3 is 1. The standard InChI is InChI=1S/C14H20O4/c1-16-12-6-4-11(5-7-12)14-17-10-8-13(18-14)3-2-9-15/h4-7,13-15H,2-3,8-10H2,1H3. The van der Waals surface area contributed by atoms with Crippen molar-refractivity contribution in [1.29, 1.82) is 0 Å². The van der Waals surface area contributed by atoms with E-state index in [1.807, 2.05) is 24.3 Å². The molecule has 0 aromatic heterocycles. The SMILES string of the molecule is COc1ccc(C2OCCC(CCCO)O2)cc1. The summed E-state index contributed by atoms with van der Waals surface area (Å²) in [7, 11) is 1.65. The lowest BCUT2D eigenvalue weighted by atomic mass is 10.1. The van der Waals surface area contributed by atoms with Crippen molar-refractivity contribution in [2.45, 2.75) is 31.7 Å². The molecule has 1 fully saturated rings. The minimum atomic E-state index is -0.298. The third-order valence-electron chi connectivity index (χ3n) is 3.10. The van der Waals surface area contributed by atoms with Crippen LogP contribution in [0.5, 0.6) is 5.75 Å². The molecule has 1 aromatic rings. The van der Waals surface area contributed by atoms with Crippen molar-refractivity contribution < 1.29 is 19.3 Å². The molecular weight excluding hydrogens is 232 g/mol. The van der Waals surface area contributed by atoms with Gasteiger partial charge in [-0.2, -0.15) is 0 Å². The zero-order valence-corrected chi connectivity index (χ0v) is 10.7. The van der Waals surface area contributed by atoms with Gasteiger partial charge in [0.05, 0.1) is 19.8 Å². The molecule has 2 atom stereocenters. The Morgan fingerprint density at radius 3 is 2.78 bits per heavy atom. The van der Waals surface area contributed by atoms with Gasteiger partial charge in [-0.05, 0) is 31.4 Å². The fraction of sp³-hybridized carbons (Fsp3) is 0.571. The molecule has 4 heteroatoms. The summed E-state index contributed by atoms with van der Waals surface area (Å²) in [6.45, 7) is 0.917. The molecule has 4 nitrogen and oxygen atoms in total. The third-order valence-corrected chi connectivity index (χ3v) is 3.10. The first-order valence-corrected chi connectivity index (χ1v) is 6.35. The van der Waals surface area contributed by atoms with E-state index in [9.17, 15) is 0 Å². The molecule has 1 N–H and O–H groups in total. The van der Waals surface area contributed by atoms with E-state index in [2.05, 4.69) is 0 Å². The van der Waals surface area contributed by atoms with Crippen molar-refractivity contribution in [1.82, 2.24) is 0 Å². The second-order valence-corrected chi connectivity index (χ2v) is 4.39. The van der Waals surface area contributed by atoms with Crippen molar-refractivity contribution in [3.05, 3.63) is 29.8 Å². The number of aliphatic hydroxyl groups is 1. The van der Waals surface area contributed by atoms with Gasteiger partial charge in [0.15, 0.2) is 6.29 Å². The molecule has 0 amide bonds. The summed E-state index contributed by atoms with van der Waals surface area (Å²) in [5, 5.41) is 8.84. The summed E-state index contributed by atoms with van der Waals surface area (Å²) in [6.07, 6.45) is 2.44. The van der Waals surface area contributed by atoms with Crippen LogP contribution < -0.4 is 4.74 Å². The van der Waals surface area contributed by atoms with Crippen LogP contribution in [0.3, 0.4) is 0 Å². The summed E-state index contributed by atoms with van der Waals surface area (Å²) in [4.78, 5) is 0. The van der Waals surface area contributed by atoms with Gasteiger partial charge in [0.25, 0.3) is 0 Å². The van der Waals surface area contributed by atoms with E-state index in [1.54, 1.807) is 7.11 Å². The first kappa shape index (κ1) is 13.3. The third kappa shape index (κ3) is 3.45. The maximum absolute atomic E-state index is 8.84. The molecule has 0 aliphatic carbocycles. The molecule has 1 saturated heterocycles. The number of aliphatic hydroxyl groups excluding tert-OH is 1. The normalized spacial score (nSPS) is 23.9. The number of hydrogen-bond donors (Lipinski definition) is 1. The largest absolute Gasteiger partial charge is 0.497 e. The van der Waals surface area contributed by atoms with Crippen LogP contribution in [0, 0.1) is 0 Å². The molecule has 2 unspecified atom stereocenters. The predicted octanol–water partition coefficient (Wildman–Crippen LogP) is 2.27. The minimum Gasteiger partial charge on any atom is -0.497 e. The molecule has 1 heterocycles. The molecule has 100 valence electrons. The fourth-order valence-electron chi connectivity index (χ4n) is 2.06. The molecule has 1 aliphatic heterocycles. The minimum absolute atomic E-state index is 0.179. The second kappa shape index (κ2) is 6.73. The molecule has 2 rings (SSSR count). The Balaban J connectivity index is 1.94. The van der Waals surface area contributed by atoms with Crippen molar-refractivity contribution in [3.63, 3.8) is 0 Å². The van der Waals surface area contributed by atoms with E-state index >= 15 is 0 Å². The monoisotopic (exact) mass is 252 g/mol. The number of hydrogen-bond acceptors (Lipinski definition) is 4. The smallest absolute Gasteiger partial charge is 0.184 e. The van der Waals surface area contributed by atoms with Crippen LogP contribution in [0.2, 0.25) is 0 Å². The lowest BCUT2D eigenvalue weighted by Crippen LogP contribution is -2.27. The van der Waals surface area contributed by atoms with Gasteiger partial charge >= 0.3 is 0 Å². The van der Waals surface area contributed by atoms with E-state index in [4.69, 9.17) is 19.3 Å². The summed E-state index contributed by atoms with van der Waals surface area (Å²) < 4.78 is 16.6. The summed E-state index contributed by atoms with van der Waals surface area (Å²) >= 11 is 0. The average molecular weight is 252 g/mol. The molecule has 1 aromatic carbocycles. The van der Waals surface area contributed by atoms with E-state index in [0.717, 1.165) is 30.6 Å². The maximum atomic E-state index is 8.84. The van der Waals surface area contributed by atoms with Gasteiger partial charge in [0.2, 0.25) is 0 Å². The Morgan fingerprint density at radius 1 is 1.33 bits per heavy atom. The second-order valence-electron chi connectivity index (χ2n) is 4.39. The Labute approximate surface area is 107 Å². The van der Waals surface area contributed by atoms with Crippen LogP contribution in [0.15, 0.2) is 24.3 Å². The van der Waals surface area contributed by atoms with Gasteiger partial charge in [-0.25, -0.2) is 0 Å². The van der Waals surface area contributed by atoms with Crippen molar-refractivity contribution >= 4 is 0 Å². The highest BCUT2D eigenvalue weighted by Gasteiger charge is 2.23. The highest BCUT2D eigenvalue weighted by Crippen LogP contribution is 2.29. The number of ether oxygens (including phenoxy) is 3. The lowest BCUT2D eigenvalue weighted by molar-refractivity contribution is -0.218. The van der Waals surface area contributed by atoms with Crippen LogP contribution in [-0.2, 0) is 9.47 Å². The zero-order valence-electron chi connectivity index (χ0n) is 10.7. The van der Waals surface area contributed by atoms with Crippen LogP contribution in [-0.4, -0.2) is 31.5 Å². The quantitative estimate of drug-likeness (QED) is 0.873. The summed E-state index contributed by atoms with van der Waals surface area (Å²) in [6, 6.07) is 7.72. The van der Waals surface area contributed by atoms with Gasteiger partial charge in [-0.3, -0.25) is 0 Å². The zero-order chi connectivity index (χ0) is 12.8. The van der Waals surface area contributed by atoms with Crippen LogP contribution in [0.4, 0.5) is 0 Å². The molecule has 0 bridgehead atoms. The summed E-state index contributed by atoms with van der Waals surface area (Å²) in [5.74, 6) is 0.825. The molecule has 18 heavy (non-hydrogen) atoms. The molecule has 1 aliphatic rings. The van der Waals surface area contributed by atoms with E-state index < -0.39 is 0 Å². The van der Waals surface area contributed by atoms with Crippen molar-refractivity contribution in [2.24, 2.45) is 0 Å². The van der Waals surface area contributed by atoms with Crippen molar-refractivity contribution in [3.8, 4) is 5.75 Å². The molecule has 0 radical (unpaired) electrons. The van der Waals surface area contributed by atoms with Crippen molar-refractivity contribution in [2.75, 3.05) is 20.3 Å². The van der Waals surface area contributed by atoms with Gasteiger partial charge in [-0.15, -0.1) is 0 Å². The van der Waals surface area contributed by atoms with E-state index in [-0.39, 0.29) is 19.0 Å². The van der Waals surface area contributed by atoms with Gasteiger partial charge in [0, 0.05) is 12.2 Å². The maximum Gasteiger partial charge on any atom is 0.184 e. The number of benzene rings is 1. The predicted molar refractivity (Wildman–Crippen MR) is 67.5 cm³/mol. The highest BCUT2D eigenvalue weighted by molar-refractivity contribution is 5.27. The highest BCUT2D eigenvalue weighted by atomic mass is 16.7. The average Bonchev–Trinajstić information content (AvgIpc) is 2.45.